The molecular formula is C18H22N4. The molecule has 4 heteroatoms. The number of anilines is 1. The molecule has 3 rings (SSSR count). The van der Waals surface area contributed by atoms with Crippen molar-refractivity contribution in [3.8, 4) is 0 Å². The van der Waals surface area contributed by atoms with Crippen molar-refractivity contribution in [2.24, 2.45) is 0 Å². The van der Waals surface area contributed by atoms with Crippen molar-refractivity contribution in [1.29, 1.82) is 0 Å². The van der Waals surface area contributed by atoms with Gasteiger partial charge in [0.2, 0.25) is 0 Å². The third-order valence-corrected chi connectivity index (χ3v) is 4.18. The quantitative estimate of drug-likeness (QED) is 0.721. The van der Waals surface area contributed by atoms with Gasteiger partial charge in [0.1, 0.15) is 5.82 Å². The molecule has 2 heterocycles. The fraction of sp³-hybridized carbons (Fsp3) is 0.333. The van der Waals surface area contributed by atoms with Gasteiger partial charge in [0.25, 0.3) is 0 Å². The molecule has 0 N–H and O–H groups in total. The van der Waals surface area contributed by atoms with E-state index in [1.54, 1.807) is 0 Å². The molecule has 1 aromatic carbocycles. The molecule has 0 saturated carbocycles. The van der Waals surface area contributed by atoms with Gasteiger partial charge in [-0.25, -0.2) is 4.98 Å². The molecule has 0 bridgehead atoms. The van der Waals surface area contributed by atoms with E-state index in [-0.39, 0.29) is 0 Å². The Morgan fingerprint density at radius 1 is 1.09 bits per heavy atom. The number of imidazole rings is 1. The zero-order valence-electron chi connectivity index (χ0n) is 13.5. The van der Waals surface area contributed by atoms with Gasteiger partial charge in [-0.2, -0.15) is 0 Å². The van der Waals surface area contributed by atoms with Crippen LogP contribution in [0.5, 0.6) is 0 Å². The van der Waals surface area contributed by atoms with Gasteiger partial charge < -0.3 is 9.47 Å². The second-order valence-corrected chi connectivity index (χ2v) is 5.74. The highest BCUT2D eigenvalue weighted by Crippen LogP contribution is 2.26. The highest BCUT2D eigenvalue weighted by molar-refractivity contribution is 5.93. The molecule has 0 fully saturated rings. The number of rotatable bonds is 5. The van der Waals surface area contributed by atoms with Crippen molar-refractivity contribution < 1.29 is 0 Å². The van der Waals surface area contributed by atoms with Crippen molar-refractivity contribution in [3.05, 3.63) is 54.2 Å². The lowest BCUT2D eigenvalue weighted by Gasteiger charge is -2.21. The third kappa shape index (κ3) is 2.82. The van der Waals surface area contributed by atoms with E-state index in [4.69, 9.17) is 0 Å². The van der Waals surface area contributed by atoms with Crippen LogP contribution >= 0.6 is 0 Å². The van der Waals surface area contributed by atoms with Crippen molar-refractivity contribution >= 4 is 16.6 Å². The SMILES string of the molecule is Cc1cccc2c(N(C)CCCn3ccnc3C)ccnc12. The molecule has 3 aromatic rings. The molecule has 0 saturated heterocycles. The molecule has 0 atom stereocenters. The summed E-state index contributed by atoms with van der Waals surface area (Å²) in [5.41, 5.74) is 3.56. The van der Waals surface area contributed by atoms with E-state index in [0.29, 0.717) is 0 Å². The monoisotopic (exact) mass is 294 g/mol. The molecule has 0 amide bonds. The maximum atomic E-state index is 4.52. The van der Waals surface area contributed by atoms with Crippen molar-refractivity contribution in [2.75, 3.05) is 18.5 Å². The lowest BCUT2D eigenvalue weighted by Crippen LogP contribution is -2.20. The number of para-hydroxylation sites is 1. The van der Waals surface area contributed by atoms with Crippen LogP contribution in [0.1, 0.15) is 17.8 Å². The highest BCUT2D eigenvalue weighted by Gasteiger charge is 2.08. The van der Waals surface area contributed by atoms with Crippen LogP contribution in [0.2, 0.25) is 0 Å². The van der Waals surface area contributed by atoms with E-state index in [2.05, 4.69) is 57.7 Å². The van der Waals surface area contributed by atoms with Gasteiger partial charge in [0.05, 0.1) is 5.52 Å². The summed E-state index contributed by atoms with van der Waals surface area (Å²) in [5.74, 6) is 1.08. The summed E-state index contributed by atoms with van der Waals surface area (Å²) in [6.45, 7) is 6.16. The maximum Gasteiger partial charge on any atom is 0.105 e. The lowest BCUT2D eigenvalue weighted by atomic mass is 10.1. The zero-order chi connectivity index (χ0) is 15.5. The minimum absolute atomic E-state index is 0.998. The van der Waals surface area contributed by atoms with Gasteiger partial charge in [0.15, 0.2) is 0 Å². The number of benzene rings is 1. The Morgan fingerprint density at radius 2 is 1.95 bits per heavy atom. The Morgan fingerprint density at radius 3 is 2.73 bits per heavy atom. The largest absolute Gasteiger partial charge is 0.374 e. The molecule has 0 spiro atoms. The van der Waals surface area contributed by atoms with Crippen LogP contribution in [0.4, 0.5) is 5.69 Å². The normalized spacial score (nSPS) is 11.0. The molecule has 22 heavy (non-hydrogen) atoms. The topological polar surface area (TPSA) is 34.0 Å². The average molecular weight is 294 g/mol. The second-order valence-electron chi connectivity index (χ2n) is 5.74. The Kier molecular flexibility index (Phi) is 4.09. The Hall–Kier alpha value is -2.36. The first kappa shape index (κ1) is 14.6. The van der Waals surface area contributed by atoms with Gasteiger partial charge >= 0.3 is 0 Å². The van der Waals surface area contributed by atoms with Crippen molar-refractivity contribution in [3.63, 3.8) is 0 Å². The van der Waals surface area contributed by atoms with Crippen LogP contribution in [0.25, 0.3) is 10.9 Å². The summed E-state index contributed by atoms with van der Waals surface area (Å²) in [6, 6.07) is 8.47. The molecule has 0 aliphatic rings. The number of aromatic nitrogens is 3. The molecule has 114 valence electrons. The van der Waals surface area contributed by atoms with E-state index < -0.39 is 0 Å². The fourth-order valence-electron chi connectivity index (χ4n) is 2.88. The third-order valence-electron chi connectivity index (χ3n) is 4.18. The number of pyridine rings is 1. The minimum Gasteiger partial charge on any atom is -0.374 e. The van der Waals surface area contributed by atoms with E-state index >= 15 is 0 Å². The highest BCUT2D eigenvalue weighted by atomic mass is 15.1. The van der Waals surface area contributed by atoms with Crippen LogP contribution < -0.4 is 4.90 Å². The molecular weight excluding hydrogens is 272 g/mol. The number of aryl methyl sites for hydroxylation is 3. The Labute approximate surface area is 131 Å². The summed E-state index contributed by atoms with van der Waals surface area (Å²) < 4.78 is 2.20. The van der Waals surface area contributed by atoms with E-state index in [1.807, 2.05) is 25.5 Å². The van der Waals surface area contributed by atoms with Crippen molar-refractivity contribution in [1.82, 2.24) is 14.5 Å². The standard InChI is InChI=1S/C18H22N4/c1-14-6-4-7-16-17(8-9-20-18(14)16)21(3)11-5-12-22-13-10-19-15(22)2/h4,6-10,13H,5,11-12H2,1-3H3. The van der Waals surface area contributed by atoms with Gasteiger partial charge in [0, 0.05) is 49.8 Å². The average Bonchev–Trinajstić information content (AvgIpc) is 2.92. The molecule has 2 aromatic heterocycles. The minimum atomic E-state index is 0.998. The van der Waals surface area contributed by atoms with Crippen LogP contribution in [-0.2, 0) is 6.54 Å². The molecule has 0 unspecified atom stereocenters. The molecule has 0 aliphatic heterocycles. The predicted molar refractivity (Wildman–Crippen MR) is 91.3 cm³/mol. The first-order valence-corrected chi connectivity index (χ1v) is 7.70. The first-order valence-electron chi connectivity index (χ1n) is 7.70. The number of hydrogen-bond acceptors (Lipinski definition) is 3. The molecule has 0 aliphatic carbocycles. The summed E-state index contributed by atoms with van der Waals surface area (Å²) in [6.07, 6.45) is 6.89. The van der Waals surface area contributed by atoms with Crippen molar-refractivity contribution in [2.45, 2.75) is 26.8 Å². The number of nitrogens with zero attached hydrogens (tertiary/aromatic N) is 4. The van der Waals surface area contributed by atoms with Crippen LogP contribution in [0.3, 0.4) is 0 Å². The second kappa shape index (κ2) is 6.18. The Bertz CT molecular complexity index is 776. The van der Waals surface area contributed by atoms with Gasteiger partial charge in [-0.15, -0.1) is 0 Å². The number of hydrogen-bond donors (Lipinski definition) is 0. The molecule has 4 nitrogen and oxygen atoms in total. The zero-order valence-corrected chi connectivity index (χ0v) is 13.5. The van der Waals surface area contributed by atoms with Crippen LogP contribution in [0.15, 0.2) is 42.9 Å². The van der Waals surface area contributed by atoms with Gasteiger partial charge in [-0.3, -0.25) is 4.98 Å². The summed E-state index contributed by atoms with van der Waals surface area (Å²) >= 11 is 0. The summed E-state index contributed by atoms with van der Waals surface area (Å²) in [4.78, 5) is 11.1. The first-order chi connectivity index (χ1) is 10.7. The van der Waals surface area contributed by atoms with E-state index in [0.717, 1.165) is 30.9 Å². The predicted octanol–water partition coefficient (Wildman–Crippen LogP) is 3.57. The van der Waals surface area contributed by atoms with Crippen LogP contribution in [-0.4, -0.2) is 28.1 Å². The number of fused-ring (bicyclic) bond motifs is 1. The maximum absolute atomic E-state index is 4.52. The summed E-state index contributed by atoms with van der Waals surface area (Å²) in [5, 5.41) is 1.23. The van der Waals surface area contributed by atoms with Gasteiger partial charge in [-0.1, -0.05) is 18.2 Å². The smallest absolute Gasteiger partial charge is 0.105 e. The van der Waals surface area contributed by atoms with Crippen LogP contribution in [0, 0.1) is 13.8 Å². The fourth-order valence-corrected chi connectivity index (χ4v) is 2.88. The Balaban J connectivity index is 1.74. The van der Waals surface area contributed by atoms with E-state index in [1.165, 1.54) is 16.6 Å². The summed E-state index contributed by atoms with van der Waals surface area (Å²) in [7, 11) is 2.15. The van der Waals surface area contributed by atoms with E-state index in [9.17, 15) is 0 Å². The van der Waals surface area contributed by atoms with Gasteiger partial charge in [-0.05, 0) is 31.9 Å². The lowest BCUT2D eigenvalue weighted by molar-refractivity contribution is 0.623. The molecule has 0 radical (unpaired) electrons.